The van der Waals surface area contributed by atoms with Crippen LogP contribution in [0.2, 0.25) is 5.02 Å². The topological polar surface area (TPSA) is 49.3 Å². The smallest absolute Gasteiger partial charge is 0.260 e. The lowest BCUT2D eigenvalue weighted by Gasteiger charge is -2.08. The monoisotopic (exact) mass is 279 g/mol. The van der Waals surface area contributed by atoms with Crippen molar-refractivity contribution in [2.45, 2.75) is 6.61 Å². The summed E-state index contributed by atoms with van der Waals surface area (Å²) in [6.45, 7) is -0.0760. The number of hydrogen-bond donors (Lipinski definition) is 2. The number of halogens is 2. The summed E-state index contributed by atoms with van der Waals surface area (Å²) in [5.74, 6) is -1.28. The Balaban J connectivity index is 2.21. The number of aliphatic hydroxyl groups is 1. The van der Waals surface area contributed by atoms with Gasteiger partial charge in [-0.05, 0) is 29.8 Å². The van der Waals surface area contributed by atoms with Crippen molar-refractivity contribution in [3.8, 4) is 0 Å². The molecule has 0 aliphatic carbocycles. The van der Waals surface area contributed by atoms with E-state index >= 15 is 0 Å². The third-order valence-electron chi connectivity index (χ3n) is 2.58. The van der Waals surface area contributed by atoms with Gasteiger partial charge in [0.15, 0.2) is 0 Å². The number of nitrogens with one attached hydrogen (secondary N) is 1. The minimum absolute atomic E-state index is 0.0597. The molecule has 19 heavy (non-hydrogen) atoms. The highest BCUT2D eigenvalue weighted by atomic mass is 35.5. The molecule has 98 valence electrons. The van der Waals surface area contributed by atoms with Crippen molar-refractivity contribution < 1.29 is 14.3 Å². The molecule has 0 saturated heterocycles. The first-order chi connectivity index (χ1) is 9.11. The Morgan fingerprint density at radius 3 is 2.47 bits per heavy atom. The summed E-state index contributed by atoms with van der Waals surface area (Å²) in [6.07, 6.45) is 0. The van der Waals surface area contributed by atoms with Crippen molar-refractivity contribution in [2.75, 3.05) is 5.32 Å². The average molecular weight is 280 g/mol. The van der Waals surface area contributed by atoms with Gasteiger partial charge >= 0.3 is 0 Å². The molecule has 0 bridgehead atoms. The Bertz CT molecular complexity index is 579. The third-order valence-corrected chi connectivity index (χ3v) is 2.90. The molecule has 0 unspecified atom stereocenters. The number of carbonyl (C=O) groups excluding carboxylic acids is 1. The van der Waals surface area contributed by atoms with Gasteiger partial charge in [0.25, 0.3) is 5.91 Å². The first-order valence-electron chi connectivity index (χ1n) is 5.57. The van der Waals surface area contributed by atoms with Crippen LogP contribution in [0.25, 0.3) is 0 Å². The number of carbonyl (C=O) groups is 1. The third kappa shape index (κ3) is 3.10. The van der Waals surface area contributed by atoms with Crippen LogP contribution in [0, 0.1) is 5.82 Å². The van der Waals surface area contributed by atoms with Gasteiger partial charge in [0.2, 0.25) is 0 Å². The van der Waals surface area contributed by atoms with E-state index in [1.54, 1.807) is 24.3 Å². The Morgan fingerprint density at radius 2 is 1.89 bits per heavy atom. The van der Waals surface area contributed by atoms with Crippen molar-refractivity contribution in [3.63, 3.8) is 0 Å². The van der Waals surface area contributed by atoms with Gasteiger partial charge in [0, 0.05) is 5.69 Å². The molecule has 0 saturated carbocycles. The van der Waals surface area contributed by atoms with Crippen LogP contribution in [0.4, 0.5) is 10.1 Å². The first kappa shape index (κ1) is 13.5. The standard InChI is InChI=1S/C14H11ClFNO2/c15-11-2-1-3-12(16)13(11)14(19)17-10-6-4-9(8-18)5-7-10/h1-7,18H,8H2,(H,17,19). The second-order valence-electron chi connectivity index (χ2n) is 3.91. The van der Waals surface area contributed by atoms with E-state index in [1.807, 2.05) is 0 Å². The Labute approximate surface area is 114 Å². The molecule has 2 aromatic carbocycles. The van der Waals surface area contributed by atoms with Crippen LogP contribution >= 0.6 is 11.6 Å². The summed E-state index contributed by atoms with van der Waals surface area (Å²) in [4.78, 5) is 11.9. The molecule has 0 heterocycles. The molecule has 0 atom stereocenters. The van der Waals surface area contributed by atoms with Gasteiger partial charge in [-0.15, -0.1) is 0 Å². The van der Waals surface area contributed by atoms with Crippen LogP contribution in [-0.4, -0.2) is 11.0 Å². The molecule has 0 fully saturated rings. The van der Waals surface area contributed by atoms with Crippen molar-refractivity contribution in [2.24, 2.45) is 0 Å². The SMILES string of the molecule is O=C(Nc1ccc(CO)cc1)c1c(F)cccc1Cl. The number of anilines is 1. The minimum atomic E-state index is -0.669. The van der Waals surface area contributed by atoms with E-state index < -0.39 is 11.7 Å². The highest BCUT2D eigenvalue weighted by molar-refractivity contribution is 6.34. The number of hydrogen-bond acceptors (Lipinski definition) is 2. The van der Waals surface area contributed by atoms with Gasteiger partial charge in [0.1, 0.15) is 5.82 Å². The molecule has 2 aromatic rings. The van der Waals surface area contributed by atoms with E-state index in [1.165, 1.54) is 18.2 Å². The van der Waals surface area contributed by atoms with E-state index in [0.717, 1.165) is 5.56 Å². The van der Waals surface area contributed by atoms with Crippen LogP contribution in [0.5, 0.6) is 0 Å². The minimum Gasteiger partial charge on any atom is -0.392 e. The summed E-state index contributed by atoms with van der Waals surface area (Å²) < 4.78 is 13.5. The van der Waals surface area contributed by atoms with Crippen molar-refractivity contribution in [1.29, 1.82) is 0 Å². The second kappa shape index (κ2) is 5.82. The lowest BCUT2D eigenvalue weighted by Crippen LogP contribution is -2.14. The molecule has 0 aliphatic rings. The van der Waals surface area contributed by atoms with E-state index in [9.17, 15) is 9.18 Å². The molecule has 1 amide bonds. The van der Waals surface area contributed by atoms with E-state index in [2.05, 4.69) is 5.32 Å². The molecule has 0 aliphatic heterocycles. The van der Waals surface area contributed by atoms with E-state index in [-0.39, 0.29) is 17.2 Å². The fraction of sp³-hybridized carbons (Fsp3) is 0.0714. The zero-order valence-corrected chi connectivity index (χ0v) is 10.6. The van der Waals surface area contributed by atoms with Crippen LogP contribution < -0.4 is 5.32 Å². The van der Waals surface area contributed by atoms with Crippen molar-refractivity contribution in [1.82, 2.24) is 0 Å². The van der Waals surface area contributed by atoms with Gasteiger partial charge in [0.05, 0.1) is 17.2 Å². The molecular formula is C14H11ClFNO2. The zero-order chi connectivity index (χ0) is 13.8. The highest BCUT2D eigenvalue weighted by Gasteiger charge is 2.15. The van der Waals surface area contributed by atoms with Crippen molar-refractivity contribution in [3.05, 3.63) is 64.4 Å². The normalized spacial score (nSPS) is 10.3. The first-order valence-corrected chi connectivity index (χ1v) is 5.95. The summed E-state index contributed by atoms with van der Waals surface area (Å²) in [6, 6.07) is 10.6. The number of benzene rings is 2. The quantitative estimate of drug-likeness (QED) is 0.906. The largest absolute Gasteiger partial charge is 0.392 e. The molecule has 2 rings (SSSR count). The summed E-state index contributed by atoms with van der Waals surface area (Å²) in [5.41, 5.74) is 1.04. The maximum atomic E-state index is 13.5. The van der Waals surface area contributed by atoms with Crippen LogP contribution in [-0.2, 0) is 6.61 Å². The molecule has 2 N–H and O–H groups in total. The summed E-state index contributed by atoms with van der Waals surface area (Å²) >= 11 is 5.80. The van der Waals surface area contributed by atoms with Crippen molar-refractivity contribution >= 4 is 23.2 Å². The molecule has 0 spiro atoms. The van der Waals surface area contributed by atoms with Gasteiger partial charge in [-0.25, -0.2) is 4.39 Å². The van der Waals surface area contributed by atoms with E-state index in [0.29, 0.717) is 5.69 Å². The number of aliphatic hydroxyl groups excluding tert-OH is 1. The lowest BCUT2D eigenvalue weighted by atomic mass is 10.1. The van der Waals surface area contributed by atoms with Gasteiger partial charge in [-0.3, -0.25) is 4.79 Å². The number of rotatable bonds is 3. The van der Waals surface area contributed by atoms with Gasteiger partial charge in [-0.1, -0.05) is 29.8 Å². The van der Waals surface area contributed by atoms with Gasteiger partial charge in [-0.2, -0.15) is 0 Å². The maximum Gasteiger partial charge on any atom is 0.260 e. The highest BCUT2D eigenvalue weighted by Crippen LogP contribution is 2.20. The Kier molecular flexibility index (Phi) is 4.14. The molecule has 0 aromatic heterocycles. The summed E-state index contributed by atoms with van der Waals surface area (Å²) in [5, 5.41) is 11.5. The van der Waals surface area contributed by atoms with Crippen LogP contribution in [0.1, 0.15) is 15.9 Å². The number of amides is 1. The van der Waals surface area contributed by atoms with Crippen LogP contribution in [0.15, 0.2) is 42.5 Å². The predicted octanol–water partition coefficient (Wildman–Crippen LogP) is 3.22. The molecule has 3 nitrogen and oxygen atoms in total. The fourth-order valence-electron chi connectivity index (χ4n) is 1.60. The van der Waals surface area contributed by atoms with E-state index in [4.69, 9.17) is 16.7 Å². The average Bonchev–Trinajstić information content (AvgIpc) is 2.39. The molecule has 5 heteroatoms. The maximum absolute atomic E-state index is 13.5. The lowest BCUT2D eigenvalue weighted by molar-refractivity contribution is 0.102. The fourth-order valence-corrected chi connectivity index (χ4v) is 1.85. The summed E-state index contributed by atoms with van der Waals surface area (Å²) in [7, 11) is 0. The Hall–Kier alpha value is -1.91. The van der Waals surface area contributed by atoms with Crippen LogP contribution in [0.3, 0.4) is 0 Å². The van der Waals surface area contributed by atoms with Gasteiger partial charge < -0.3 is 10.4 Å². The molecular weight excluding hydrogens is 269 g/mol. The predicted molar refractivity (Wildman–Crippen MR) is 71.7 cm³/mol. The zero-order valence-electron chi connectivity index (χ0n) is 9.86. The second-order valence-corrected chi connectivity index (χ2v) is 4.31. The molecule has 0 radical (unpaired) electrons. The Morgan fingerprint density at radius 1 is 1.21 bits per heavy atom.